The predicted molar refractivity (Wildman–Crippen MR) is 162 cm³/mol. The summed E-state index contributed by atoms with van der Waals surface area (Å²) in [5, 5.41) is 113. The Hall–Kier alpha value is -3.17. The second-order valence-electron chi connectivity index (χ2n) is 12.9. The van der Waals surface area contributed by atoms with E-state index in [9.17, 15) is 61.0 Å². The Morgan fingerprint density at radius 1 is 0.776 bits per heavy atom. The van der Waals surface area contributed by atoms with Crippen molar-refractivity contribution in [2.24, 2.45) is 0 Å². The third kappa shape index (κ3) is 7.34. The summed E-state index contributed by atoms with van der Waals surface area (Å²) in [4.78, 5) is 13.5. The Bertz CT molecular complexity index is 1460. The molecule has 0 saturated carbocycles. The van der Waals surface area contributed by atoms with Crippen molar-refractivity contribution in [3.63, 3.8) is 0 Å². The van der Waals surface area contributed by atoms with Crippen molar-refractivity contribution in [3.8, 4) is 23.0 Å². The molecule has 3 aliphatic heterocycles. The van der Waals surface area contributed by atoms with Crippen molar-refractivity contribution in [3.05, 3.63) is 47.0 Å². The van der Waals surface area contributed by atoms with E-state index < -0.39 is 110 Å². The maximum atomic E-state index is 13.5. The van der Waals surface area contributed by atoms with Crippen molar-refractivity contribution in [2.75, 3.05) is 13.2 Å². The number of hydrogen-bond acceptors (Lipinski definition) is 17. The molecule has 49 heavy (non-hydrogen) atoms. The highest BCUT2D eigenvalue weighted by atomic mass is 16.7. The Morgan fingerprint density at radius 2 is 1.33 bits per heavy atom. The fourth-order valence-corrected chi connectivity index (χ4v) is 6.02. The predicted octanol–water partition coefficient (Wildman–Crippen LogP) is -2.52. The lowest BCUT2D eigenvalue weighted by Crippen LogP contribution is -2.60. The first kappa shape index (κ1) is 37.1. The number of phenolic OH excluding ortho intramolecular Hbond substituents is 2. The Kier molecular flexibility index (Phi) is 11.0. The van der Waals surface area contributed by atoms with Gasteiger partial charge >= 0.3 is 0 Å². The average molecular weight is 699 g/mol. The van der Waals surface area contributed by atoms with E-state index in [2.05, 4.69) is 0 Å². The molecule has 11 N–H and O–H groups in total. The summed E-state index contributed by atoms with van der Waals surface area (Å²) < 4.78 is 29.0. The number of hydrogen-bond donors (Lipinski definition) is 11. The van der Waals surface area contributed by atoms with Crippen LogP contribution in [0.1, 0.15) is 47.9 Å². The molecule has 0 spiro atoms. The van der Waals surface area contributed by atoms with E-state index in [4.69, 9.17) is 23.7 Å². The lowest BCUT2D eigenvalue weighted by Gasteiger charge is -2.42. The smallest absolute Gasteiger partial charge is 0.229 e. The SMILES string of the molecule is CC(C)(CCc1c(O[C@@H]2O[C@H](CO)[C@H](O)[C@@H](O)[C@@H]2O)cc(O)c2c1O[C@H](c1ccc(O)cc1)[C@@H](O)C2=O)O[C@H]1O[C@@H](CO)[C@H](O)[C@H](O)[C@H]1O. The fourth-order valence-electron chi connectivity index (χ4n) is 6.02. The number of carbonyl (C=O) groups is 1. The van der Waals surface area contributed by atoms with Crippen LogP contribution in [0.25, 0.3) is 0 Å². The van der Waals surface area contributed by atoms with Gasteiger partial charge in [0, 0.05) is 11.6 Å². The molecule has 5 rings (SSSR count). The molecule has 3 heterocycles. The third-order valence-electron chi connectivity index (χ3n) is 8.94. The highest BCUT2D eigenvalue weighted by Crippen LogP contribution is 2.47. The van der Waals surface area contributed by atoms with Gasteiger partial charge in [0.05, 0.1) is 18.8 Å². The van der Waals surface area contributed by atoms with Gasteiger partial charge in [0.15, 0.2) is 18.5 Å². The maximum Gasteiger partial charge on any atom is 0.229 e. The lowest BCUT2D eigenvalue weighted by atomic mass is 9.88. The standard InChI is InChI=1S/C32H42O17/c1-32(2,49-31-27(44)24(41)21(38)18(11-34)47-31)8-7-14-16(45-30-26(43)23(40)20(37)17(10-33)46-30)9-15(36)19-22(39)25(42)28(48-29(14)19)12-3-5-13(35)6-4-12/h3-6,9,17-18,20-21,23-28,30-31,33-38,40-44H,7-8,10-11H2,1-2H3/t17-,18+,20+,21+,23-,24+,25+,26+,27-,28-,30-,31-/m1/s1. The van der Waals surface area contributed by atoms with Gasteiger partial charge in [0.25, 0.3) is 0 Å². The van der Waals surface area contributed by atoms with Crippen LogP contribution < -0.4 is 9.47 Å². The zero-order chi connectivity index (χ0) is 35.9. The summed E-state index contributed by atoms with van der Waals surface area (Å²) in [6, 6.07) is 6.50. The number of benzene rings is 2. The number of ketones is 1. The monoisotopic (exact) mass is 698 g/mol. The van der Waals surface area contributed by atoms with Crippen molar-refractivity contribution in [2.45, 2.75) is 106 Å². The van der Waals surface area contributed by atoms with Crippen LogP contribution in [0, 0.1) is 0 Å². The van der Waals surface area contributed by atoms with Crippen LogP contribution in [-0.2, 0) is 20.6 Å². The summed E-state index contributed by atoms with van der Waals surface area (Å²) in [5.41, 5.74) is -1.25. The molecular weight excluding hydrogens is 656 g/mol. The van der Waals surface area contributed by atoms with Crippen LogP contribution in [0.2, 0.25) is 0 Å². The number of carbonyl (C=O) groups excluding carboxylic acids is 1. The first-order valence-electron chi connectivity index (χ1n) is 15.6. The van der Waals surface area contributed by atoms with E-state index in [0.717, 1.165) is 6.07 Å². The van der Waals surface area contributed by atoms with Crippen LogP contribution in [0.3, 0.4) is 0 Å². The highest BCUT2D eigenvalue weighted by Gasteiger charge is 2.48. The number of ether oxygens (including phenoxy) is 5. The van der Waals surface area contributed by atoms with Gasteiger partial charge in [-0.15, -0.1) is 0 Å². The molecule has 17 nitrogen and oxygen atoms in total. The molecule has 0 aromatic heterocycles. The minimum atomic E-state index is -1.84. The van der Waals surface area contributed by atoms with Crippen molar-refractivity contribution in [1.82, 2.24) is 0 Å². The molecule has 12 atom stereocenters. The van der Waals surface area contributed by atoms with E-state index in [1.165, 1.54) is 24.3 Å². The number of rotatable bonds is 10. The number of aliphatic hydroxyl groups excluding tert-OH is 9. The summed E-state index contributed by atoms with van der Waals surface area (Å²) in [6.07, 6.45) is -19.3. The van der Waals surface area contributed by atoms with Gasteiger partial charge in [-0.3, -0.25) is 4.79 Å². The van der Waals surface area contributed by atoms with Gasteiger partial charge in [0.2, 0.25) is 12.1 Å². The molecule has 272 valence electrons. The zero-order valence-corrected chi connectivity index (χ0v) is 26.5. The first-order valence-corrected chi connectivity index (χ1v) is 15.6. The van der Waals surface area contributed by atoms with Crippen LogP contribution >= 0.6 is 0 Å². The molecule has 0 radical (unpaired) electrons. The average Bonchev–Trinajstić information content (AvgIpc) is 3.06. The van der Waals surface area contributed by atoms with Gasteiger partial charge in [-0.1, -0.05) is 12.1 Å². The Morgan fingerprint density at radius 3 is 1.90 bits per heavy atom. The molecule has 2 fully saturated rings. The normalized spacial score (nSPS) is 35.0. The first-order chi connectivity index (χ1) is 23.1. The number of aromatic hydroxyl groups is 2. The molecule has 17 heteroatoms. The zero-order valence-electron chi connectivity index (χ0n) is 26.5. The summed E-state index contributed by atoms with van der Waals surface area (Å²) in [5.74, 6) is -2.12. The minimum Gasteiger partial charge on any atom is -0.508 e. The molecule has 3 aliphatic rings. The topological polar surface area (TPSA) is 286 Å². The third-order valence-corrected chi connectivity index (χ3v) is 8.94. The van der Waals surface area contributed by atoms with Gasteiger partial charge in [-0.2, -0.15) is 0 Å². The molecule has 2 saturated heterocycles. The van der Waals surface area contributed by atoms with Crippen LogP contribution in [-0.4, -0.2) is 148 Å². The van der Waals surface area contributed by atoms with E-state index in [-0.39, 0.29) is 35.7 Å². The molecular formula is C32H42O17. The van der Waals surface area contributed by atoms with Crippen LogP contribution in [0.5, 0.6) is 23.0 Å². The van der Waals surface area contributed by atoms with Crippen LogP contribution in [0.15, 0.2) is 30.3 Å². The highest BCUT2D eigenvalue weighted by molar-refractivity contribution is 6.06. The molecule has 0 unspecified atom stereocenters. The second kappa shape index (κ2) is 14.6. The largest absolute Gasteiger partial charge is 0.508 e. The van der Waals surface area contributed by atoms with E-state index in [1.807, 2.05) is 0 Å². The number of Topliss-reactive ketones (excluding diaryl/α,β-unsaturated/α-hetero) is 1. The Labute approximate surface area is 279 Å². The van der Waals surface area contributed by atoms with Crippen molar-refractivity contribution < 1.29 is 84.7 Å². The van der Waals surface area contributed by atoms with Gasteiger partial charge in [-0.05, 0) is 44.4 Å². The fraction of sp³-hybridized carbons (Fsp3) is 0.594. The molecule has 2 aromatic rings. The Balaban J connectivity index is 1.51. The minimum absolute atomic E-state index is 0.00819. The molecule has 0 aliphatic carbocycles. The molecule has 2 aromatic carbocycles. The number of fused-ring (bicyclic) bond motifs is 1. The second-order valence-corrected chi connectivity index (χ2v) is 12.9. The quantitative estimate of drug-likeness (QED) is 0.122. The van der Waals surface area contributed by atoms with Gasteiger partial charge < -0.3 is 79.9 Å². The van der Waals surface area contributed by atoms with E-state index >= 15 is 0 Å². The van der Waals surface area contributed by atoms with E-state index in [0.29, 0.717) is 5.56 Å². The summed E-state index contributed by atoms with van der Waals surface area (Å²) >= 11 is 0. The molecule has 0 bridgehead atoms. The summed E-state index contributed by atoms with van der Waals surface area (Å²) in [7, 11) is 0. The van der Waals surface area contributed by atoms with Crippen molar-refractivity contribution >= 4 is 5.78 Å². The maximum absolute atomic E-state index is 13.5. The van der Waals surface area contributed by atoms with Gasteiger partial charge in [-0.25, -0.2) is 0 Å². The van der Waals surface area contributed by atoms with E-state index in [1.54, 1.807) is 13.8 Å². The molecule has 0 amide bonds. The number of aliphatic hydroxyl groups is 9. The van der Waals surface area contributed by atoms with Crippen LogP contribution in [0.4, 0.5) is 0 Å². The lowest BCUT2D eigenvalue weighted by molar-refractivity contribution is -0.323. The number of phenols is 2. The summed E-state index contributed by atoms with van der Waals surface area (Å²) in [6.45, 7) is 1.76. The van der Waals surface area contributed by atoms with Gasteiger partial charge in [0.1, 0.15) is 77.4 Å². The van der Waals surface area contributed by atoms with Crippen molar-refractivity contribution in [1.29, 1.82) is 0 Å².